The van der Waals surface area contributed by atoms with Gasteiger partial charge in [0.05, 0.1) is 6.61 Å². The number of rotatable bonds is 3. The Hall–Kier alpha value is -0.445. The van der Waals surface area contributed by atoms with Crippen molar-refractivity contribution >= 4 is 6.98 Å². The lowest BCUT2D eigenvalue weighted by atomic mass is 9.92. The Morgan fingerprint density at radius 1 is 1.44 bits per heavy atom. The van der Waals surface area contributed by atoms with E-state index >= 15 is 0 Å². The van der Waals surface area contributed by atoms with Crippen molar-refractivity contribution in [2.45, 2.75) is 0 Å². The van der Waals surface area contributed by atoms with Crippen LogP contribution in [-0.4, -0.2) is 20.7 Å². The van der Waals surface area contributed by atoms with Crippen molar-refractivity contribution in [1.82, 2.24) is 0 Å². The lowest BCUT2D eigenvalue weighted by Crippen LogP contribution is -2.10. The van der Waals surface area contributed by atoms with Crippen LogP contribution in [0.1, 0.15) is 0 Å². The highest BCUT2D eigenvalue weighted by Crippen LogP contribution is 2.08. The summed E-state index contributed by atoms with van der Waals surface area (Å²) in [6.07, 6.45) is 0.944. The van der Waals surface area contributed by atoms with Crippen molar-refractivity contribution in [2.24, 2.45) is 0 Å². The van der Waals surface area contributed by atoms with Crippen LogP contribution in [0.5, 0.6) is 0 Å². The molecule has 0 aliphatic heterocycles. The van der Waals surface area contributed by atoms with Crippen molar-refractivity contribution in [2.75, 3.05) is 13.7 Å². The van der Waals surface area contributed by atoms with E-state index in [2.05, 4.69) is 4.74 Å². The zero-order valence-corrected chi connectivity index (χ0v) is 4.98. The molecule has 0 aromatic heterocycles. The number of halogens is 3. The van der Waals surface area contributed by atoms with Crippen molar-refractivity contribution in [3.05, 3.63) is 12.1 Å². The molecule has 0 saturated heterocycles. The van der Waals surface area contributed by atoms with Crippen molar-refractivity contribution in [3.63, 3.8) is 0 Å². The Balaban J connectivity index is 3.45. The van der Waals surface area contributed by atoms with E-state index in [4.69, 9.17) is 0 Å². The SMILES string of the molecule is COC/C=C/[B-](F)(F)F. The van der Waals surface area contributed by atoms with Gasteiger partial charge < -0.3 is 17.7 Å². The lowest BCUT2D eigenvalue weighted by Gasteiger charge is -2.05. The van der Waals surface area contributed by atoms with Crippen LogP contribution in [0, 0.1) is 0 Å². The van der Waals surface area contributed by atoms with Gasteiger partial charge in [0.25, 0.3) is 0 Å². The summed E-state index contributed by atoms with van der Waals surface area (Å²) in [4.78, 5) is 0. The minimum absolute atomic E-state index is 0.0151. The summed E-state index contributed by atoms with van der Waals surface area (Å²) in [7, 11) is 1.34. The smallest absolute Gasteiger partial charge is 0.445 e. The quantitative estimate of drug-likeness (QED) is 0.539. The molecule has 0 bridgehead atoms. The Bertz CT molecular complexity index is 98.5. The topological polar surface area (TPSA) is 9.23 Å². The van der Waals surface area contributed by atoms with E-state index in [9.17, 15) is 12.9 Å². The van der Waals surface area contributed by atoms with Gasteiger partial charge in [0.1, 0.15) is 0 Å². The third-order valence-corrected chi connectivity index (χ3v) is 0.617. The van der Waals surface area contributed by atoms with Crippen LogP contribution in [0.15, 0.2) is 12.1 Å². The minimum atomic E-state index is -4.77. The number of methoxy groups -OCH3 is 1. The summed E-state index contributed by atoms with van der Waals surface area (Å²) in [5.41, 5.74) is 0. The van der Waals surface area contributed by atoms with Gasteiger partial charge >= 0.3 is 6.98 Å². The molecule has 0 heterocycles. The highest BCUT2D eigenvalue weighted by Gasteiger charge is 2.16. The van der Waals surface area contributed by atoms with Crippen LogP contribution < -0.4 is 0 Å². The van der Waals surface area contributed by atoms with Crippen molar-refractivity contribution in [1.29, 1.82) is 0 Å². The monoisotopic (exact) mass is 139 g/mol. The number of hydrogen-bond acceptors (Lipinski definition) is 1. The molecule has 0 aromatic rings. The number of hydrogen-bond donors (Lipinski definition) is 0. The molecule has 5 heteroatoms. The van der Waals surface area contributed by atoms with Gasteiger partial charge in [0.15, 0.2) is 0 Å². The molecule has 0 spiro atoms. The van der Waals surface area contributed by atoms with Crippen molar-refractivity contribution in [3.8, 4) is 0 Å². The Labute approximate surface area is 51.6 Å². The molecule has 0 saturated carbocycles. The van der Waals surface area contributed by atoms with Crippen LogP contribution in [0.4, 0.5) is 12.9 Å². The maximum Gasteiger partial charge on any atom is 0.502 e. The maximum atomic E-state index is 11.3. The van der Waals surface area contributed by atoms with Crippen LogP contribution >= 0.6 is 0 Å². The average Bonchev–Trinajstić information content (AvgIpc) is 1.63. The molecule has 0 fully saturated rings. The van der Waals surface area contributed by atoms with Gasteiger partial charge in [0, 0.05) is 7.11 Å². The first kappa shape index (κ1) is 8.55. The fourth-order valence-corrected chi connectivity index (χ4v) is 0.306. The highest BCUT2D eigenvalue weighted by molar-refractivity contribution is 6.64. The highest BCUT2D eigenvalue weighted by atomic mass is 19.4. The van der Waals surface area contributed by atoms with Crippen LogP contribution in [0.3, 0.4) is 0 Å². The van der Waals surface area contributed by atoms with Crippen molar-refractivity contribution < 1.29 is 17.7 Å². The molecule has 0 atom stereocenters. The number of ether oxygens (including phenoxy) is 1. The second-order valence-electron chi connectivity index (χ2n) is 1.51. The summed E-state index contributed by atoms with van der Waals surface area (Å²) in [6.45, 7) is -4.76. The van der Waals surface area contributed by atoms with Gasteiger partial charge in [-0.1, -0.05) is 6.08 Å². The molecule has 0 aliphatic rings. The zero-order chi connectivity index (χ0) is 7.33. The molecule has 0 aliphatic carbocycles. The summed E-state index contributed by atoms with van der Waals surface area (Å²) in [5, 5.41) is 0. The van der Waals surface area contributed by atoms with E-state index in [1.54, 1.807) is 0 Å². The Morgan fingerprint density at radius 3 is 2.33 bits per heavy atom. The van der Waals surface area contributed by atoms with Gasteiger partial charge in [-0.15, -0.1) is 5.98 Å². The summed E-state index contributed by atoms with van der Waals surface area (Å²) in [5.74, 6) is 0.212. The van der Waals surface area contributed by atoms with Gasteiger partial charge in [0.2, 0.25) is 0 Å². The predicted octanol–water partition coefficient (Wildman–Crippen LogP) is 1.58. The predicted molar refractivity (Wildman–Crippen MR) is 30.1 cm³/mol. The van der Waals surface area contributed by atoms with E-state index in [1.165, 1.54) is 7.11 Å². The third-order valence-electron chi connectivity index (χ3n) is 0.617. The van der Waals surface area contributed by atoms with Gasteiger partial charge in [-0.3, -0.25) is 0 Å². The van der Waals surface area contributed by atoms with E-state index < -0.39 is 6.98 Å². The fourth-order valence-electron chi connectivity index (χ4n) is 0.306. The zero-order valence-electron chi connectivity index (χ0n) is 4.98. The molecule has 0 aromatic carbocycles. The van der Waals surface area contributed by atoms with Crippen LogP contribution in [-0.2, 0) is 4.74 Å². The van der Waals surface area contributed by atoms with Gasteiger partial charge in [-0.05, 0) is 0 Å². The van der Waals surface area contributed by atoms with Gasteiger partial charge in [-0.25, -0.2) is 0 Å². The Morgan fingerprint density at radius 2 is 2.00 bits per heavy atom. The lowest BCUT2D eigenvalue weighted by molar-refractivity contribution is 0.233. The molecule has 0 radical (unpaired) electrons. The molecule has 0 amide bonds. The third kappa shape index (κ3) is 7.55. The minimum Gasteiger partial charge on any atom is -0.445 e. The molecule has 9 heavy (non-hydrogen) atoms. The van der Waals surface area contributed by atoms with E-state index in [0.29, 0.717) is 0 Å². The second kappa shape index (κ2) is 3.56. The average molecular weight is 139 g/mol. The van der Waals surface area contributed by atoms with E-state index in [1.807, 2.05) is 0 Å². The normalized spacial score (nSPS) is 12.9. The molecule has 0 N–H and O–H groups in total. The standard InChI is InChI=1S/C4H7BF3O/c1-9-4-2-3-5(6,7)8/h2-3H,4H2,1H3/q-1/b3-2+. The second-order valence-corrected chi connectivity index (χ2v) is 1.51. The molecular formula is C4H7BF3O-. The van der Waals surface area contributed by atoms with Gasteiger partial charge in [-0.2, -0.15) is 0 Å². The van der Waals surface area contributed by atoms with E-state index in [0.717, 1.165) is 6.08 Å². The molecule has 0 rings (SSSR count). The largest absolute Gasteiger partial charge is 0.502 e. The first-order valence-electron chi connectivity index (χ1n) is 2.43. The first-order valence-corrected chi connectivity index (χ1v) is 2.43. The Kier molecular flexibility index (Phi) is 3.38. The maximum absolute atomic E-state index is 11.3. The van der Waals surface area contributed by atoms with E-state index in [-0.39, 0.29) is 12.6 Å². The summed E-state index contributed by atoms with van der Waals surface area (Å²) >= 11 is 0. The van der Waals surface area contributed by atoms with Crippen LogP contribution in [0.25, 0.3) is 0 Å². The molecule has 54 valence electrons. The summed E-state index contributed by atoms with van der Waals surface area (Å²) in [6, 6.07) is 0. The van der Waals surface area contributed by atoms with Crippen LogP contribution in [0.2, 0.25) is 0 Å². The molecular weight excluding hydrogens is 132 g/mol. The molecule has 0 unspecified atom stereocenters. The fraction of sp³-hybridized carbons (Fsp3) is 0.500. The summed E-state index contributed by atoms with van der Waals surface area (Å²) < 4.78 is 38.3. The molecule has 1 nitrogen and oxygen atoms in total. The first-order chi connectivity index (χ1) is 4.06.